The van der Waals surface area contributed by atoms with Gasteiger partial charge in [0.05, 0.1) is 11.0 Å². The van der Waals surface area contributed by atoms with Gasteiger partial charge in [-0.2, -0.15) is 0 Å². The molecule has 4 heteroatoms. The second-order valence-electron chi connectivity index (χ2n) is 14.1. The van der Waals surface area contributed by atoms with E-state index in [1.807, 2.05) is 36.4 Å². The summed E-state index contributed by atoms with van der Waals surface area (Å²) < 4.78 is 2.42. The molecule has 4 nitrogen and oxygen atoms in total. The molecular weight excluding hydrogens is 633 g/mol. The minimum absolute atomic E-state index is 0.115. The van der Waals surface area contributed by atoms with E-state index in [0.717, 1.165) is 39.0 Å². The first kappa shape index (κ1) is 30.2. The lowest BCUT2D eigenvalue weighted by atomic mass is 9.82. The van der Waals surface area contributed by atoms with Crippen LogP contribution in [0.1, 0.15) is 25.0 Å². The minimum Gasteiger partial charge on any atom is -0.309 e. The molecule has 7 aromatic carbocycles. The largest absolute Gasteiger partial charge is 0.309 e. The average Bonchev–Trinajstić information content (AvgIpc) is 3.65. The summed E-state index contributed by atoms with van der Waals surface area (Å²) in [5, 5.41) is 2.47. The first-order valence-corrected chi connectivity index (χ1v) is 17.8. The summed E-state index contributed by atoms with van der Waals surface area (Å²) in [6, 6.07) is 60.0. The van der Waals surface area contributed by atoms with E-state index in [1.165, 1.54) is 38.5 Å². The van der Waals surface area contributed by atoms with Gasteiger partial charge in [-0.1, -0.05) is 153 Å². The lowest BCUT2D eigenvalue weighted by Crippen LogP contribution is -2.15. The van der Waals surface area contributed by atoms with Gasteiger partial charge in [0.1, 0.15) is 0 Å². The van der Waals surface area contributed by atoms with Crippen LogP contribution in [-0.2, 0) is 5.41 Å². The van der Waals surface area contributed by atoms with Gasteiger partial charge in [-0.15, -0.1) is 0 Å². The normalized spacial score (nSPS) is 13.0. The maximum Gasteiger partial charge on any atom is 0.164 e. The van der Waals surface area contributed by atoms with Crippen molar-refractivity contribution in [1.29, 1.82) is 0 Å². The lowest BCUT2D eigenvalue weighted by Gasteiger charge is -2.22. The fourth-order valence-electron chi connectivity index (χ4n) is 8.10. The Labute approximate surface area is 302 Å². The van der Waals surface area contributed by atoms with Gasteiger partial charge >= 0.3 is 0 Å². The number of hydrogen-bond acceptors (Lipinski definition) is 3. The van der Waals surface area contributed by atoms with Crippen LogP contribution in [0.5, 0.6) is 0 Å². The topological polar surface area (TPSA) is 43.6 Å². The Balaban J connectivity index is 1.25. The Bertz CT molecular complexity index is 2740. The van der Waals surface area contributed by atoms with Crippen molar-refractivity contribution < 1.29 is 0 Å². The Morgan fingerprint density at radius 3 is 1.65 bits per heavy atom. The standard InChI is InChI=1S/C48H34N4/c1-48(2)41-24-14-12-22-36(41)38-29-39-37-23-13-15-25-43(37)52(44(39)30-42(38)48)34-26-27-35(31-16-6-3-7-17-31)40(28-34)47-50-45(32-18-8-4-9-19-32)49-46(51-47)33-20-10-5-11-21-33/h3-30H,1-2H3. The molecular formula is C48H34N4. The first-order valence-electron chi connectivity index (χ1n) is 17.8. The smallest absolute Gasteiger partial charge is 0.164 e. The lowest BCUT2D eigenvalue weighted by molar-refractivity contribution is 0.661. The number of nitrogens with zero attached hydrogens (tertiary/aromatic N) is 4. The summed E-state index contributed by atoms with van der Waals surface area (Å²) in [5.74, 6) is 1.91. The van der Waals surface area contributed by atoms with E-state index < -0.39 is 0 Å². The van der Waals surface area contributed by atoms with Crippen LogP contribution in [0.15, 0.2) is 170 Å². The molecule has 2 aromatic heterocycles. The molecule has 1 aliphatic carbocycles. The van der Waals surface area contributed by atoms with Crippen molar-refractivity contribution in [2.75, 3.05) is 0 Å². The highest BCUT2D eigenvalue weighted by molar-refractivity contribution is 6.11. The van der Waals surface area contributed by atoms with E-state index in [2.05, 4.69) is 152 Å². The summed E-state index contributed by atoms with van der Waals surface area (Å²) in [6.07, 6.45) is 0. The van der Waals surface area contributed by atoms with Gasteiger partial charge in [0.2, 0.25) is 0 Å². The molecule has 52 heavy (non-hydrogen) atoms. The van der Waals surface area contributed by atoms with Crippen LogP contribution in [0.2, 0.25) is 0 Å². The highest BCUT2D eigenvalue weighted by Crippen LogP contribution is 2.51. The second-order valence-corrected chi connectivity index (χ2v) is 14.1. The van der Waals surface area contributed by atoms with E-state index in [0.29, 0.717) is 17.5 Å². The van der Waals surface area contributed by atoms with Gasteiger partial charge in [-0.3, -0.25) is 0 Å². The molecule has 1 aliphatic rings. The van der Waals surface area contributed by atoms with Crippen molar-refractivity contribution in [3.8, 4) is 62.1 Å². The SMILES string of the molecule is CC1(C)c2ccccc2-c2cc3c4ccccc4n(-c4ccc(-c5ccccc5)c(-c5nc(-c6ccccc6)nc(-c6ccccc6)n5)c4)c3cc21. The number of fused-ring (bicyclic) bond motifs is 6. The molecule has 0 N–H and O–H groups in total. The molecule has 10 rings (SSSR count). The molecule has 0 spiro atoms. The van der Waals surface area contributed by atoms with Crippen LogP contribution in [0.25, 0.3) is 83.9 Å². The predicted molar refractivity (Wildman–Crippen MR) is 213 cm³/mol. The molecule has 0 fully saturated rings. The fraction of sp³-hybridized carbons (Fsp3) is 0.0625. The van der Waals surface area contributed by atoms with Crippen LogP contribution < -0.4 is 0 Å². The number of aromatic nitrogens is 4. The average molecular weight is 667 g/mol. The predicted octanol–water partition coefficient (Wildman–Crippen LogP) is 11.9. The Morgan fingerprint density at radius 2 is 0.962 bits per heavy atom. The van der Waals surface area contributed by atoms with Crippen LogP contribution in [-0.4, -0.2) is 19.5 Å². The van der Waals surface area contributed by atoms with Crippen molar-refractivity contribution in [3.05, 3.63) is 181 Å². The Morgan fingerprint density at radius 1 is 0.385 bits per heavy atom. The van der Waals surface area contributed by atoms with Crippen LogP contribution in [0.4, 0.5) is 0 Å². The summed E-state index contributed by atoms with van der Waals surface area (Å²) in [5.41, 5.74) is 13.7. The van der Waals surface area contributed by atoms with Crippen molar-refractivity contribution in [1.82, 2.24) is 19.5 Å². The summed E-state index contributed by atoms with van der Waals surface area (Å²) in [6.45, 7) is 4.69. The third-order valence-corrected chi connectivity index (χ3v) is 10.7. The molecule has 2 heterocycles. The molecule has 246 valence electrons. The Hall–Kier alpha value is -6.65. The van der Waals surface area contributed by atoms with Gasteiger partial charge < -0.3 is 4.57 Å². The summed E-state index contributed by atoms with van der Waals surface area (Å²) in [7, 11) is 0. The summed E-state index contributed by atoms with van der Waals surface area (Å²) >= 11 is 0. The van der Waals surface area contributed by atoms with E-state index >= 15 is 0 Å². The monoisotopic (exact) mass is 666 g/mol. The quantitative estimate of drug-likeness (QED) is 0.184. The molecule has 9 aromatic rings. The van der Waals surface area contributed by atoms with Crippen molar-refractivity contribution >= 4 is 21.8 Å². The van der Waals surface area contributed by atoms with Gasteiger partial charge in [0, 0.05) is 38.6 Å². The first-order chi connectivity index (χ1) is 25.5. The van der Waals surface area contributed by atoms with E-state index in [1.54, 1.807) is 0 Å². The summed E-state index contributed by atoms with van der Waals surface area (Å²) in [4.78, 5) is 15.4. The molecule has 0 saturated carbocycles. The van der Waals surface area contributed by atoms with Gasteiger partial charge in [-0.05, 0) is 63.7 Å². The van der Waals surface area contributed by atoms with Crippen LogP contribution in [0.3, 0.4) is 0 Å². The van der Waals surface area contributed by atoms with E-state index in [9.17, 15) is 0 Å². The molecule has 0 radical (unpaired) electrons. The van der Waals surface area contributed by atoms with Crippen molar-refractivity contribution in [2.45, 2.75) is 19.3 Å². The zero-order valence-corrected chi connectivity index (χ0v) is 29.0. The fourth-order valence-corrected chi connectivity index (χ4v) is 8.10. The van der Waals surface area contributed by atoms with Crippen LogP contribution in [0, 0.1) is 0 Å². The van der Waals surface area contributed by atoms with Gasteiger partial charge in [0.25, 0.3) is 0 Å². The molecule has 0 unspecified atom stereocenters. The number of rotatable bonds is 5. The minimum atomic E-state index is -0.115. The van der Waals surface area contributed by atoms with Gasteiger partial charge in [0.15, 0.2) is 17.5 Å². The highest BCUT2D eigenvalue weighted by Gasteiger charge is 2.36. The number of benzene rings is 7. The maximum absolute atomic E-state index is 5.19. The zero-order valence-electron chi connectivity index (χ0n) is 29.0. The Kier molecular flexibility index (Phi) is 6.80. The van der Waals surface area contributed by atoms with Crippen molar-refractivity contribution in [2.24, 2.45) is 0 Å². The molecule has 0 bridgehead atoms. The second kappa shape index (κ2) is 11.7. The molecule has 0 saturated heterocycles. The number of hydrogen-bond donors (Lipinski definition) is 0. The third kappa shape index (κ3) is 4.72. The molecule has 0 amide bonds. The van der Waals surface area contributed by atoms with Crippen LogP contribution >= 0.6 is 0 Å². The molecule has 0 aliphatic heterocycles. The highest BCUT2D eigenvalue weighted by atomic mass is 15.0. The van der Waals surface area contributed by atoms with Crippen molar-refractivity contribution in [3.63, 3.8) is 0 Å². The maximum atomic E-state index is 5.19. The van der Waals surface area contributed by atoms with E-state index in [4.69, 9.17) is 15.0 Å². The molecule has 0 atom stereocenters. The zero-order chi connectivity index (χ0) is 34.8. The van der Waals surface area contributed by atoms with E-state index in [-0.39, 0.29) is 5.41 Å². The van der Waals surface area contributed by atoms with Gasteiger partial charge in [-0.25, -0.2) is 15.0 Å². The number of para-hydroxylation sites is 1. The third-order valence-electron chi connectivity index (χ3n) is 10.7.